The highest BCUT2D eigenvalue weighted by Crippen LogP contribution is 2.29. The lowest BCUT2D eigenvalue weighted by atomic mass is 10.1. The van der Waals surface area contributed by atoms with E-state index in [1.807, 2.05) is 44.2 Å². The van der Waals surface area contributed by atoms with E-state index in [9.17, 15) is 4.79 Å². The third-order valence-corrected chi connectivity index (χ3v) is 4.12. The number of hydrogen-bond acceptors (Lipinski definition) is 4. The highest BCUT2D eigenvalue weighted by molar-refractivity contribution is 8.18. The molecule has 22 heavy (non-hydrogen) atoms. The summed E-state index contributed by atoms with van der Waals surface area (Å²) in [6.45, 7) is 4.06. The first-order valence-corrected chi connectivity index (χ1v) is 7.70. The number of carbonyl (C=O) groups excluding carboxylic acids is 1. The van der Waals surface area contributed by atoms with Crippen molar-refractivity contribution in [3.63, 3.8) is 0 Å². The summed E-state index contributed by atoms with van der Waals surface area (Å²) in [6.07, 6.45) is 5.24. The fourth-order valence-corrected chi connectivity index (χ4v) is 2.97. The molecule has 2 aromatic rings. The monoisotopic (exact) mass is 309 g/mol. The molecule has 0 saturated carbocycles. The van der Waals surface area contributed by atoms with Gasteiger partial charge in [-0.25, -0.2) is 4.99 Å². The molecule has 0 bridgehead atoms. The van der Waals surface area contributed by atoms with Gasteiger partial charge in [-0.3, -0.25) is 9.78 Å². The fourth-order valence-electron chi connectivity index (χ4n) is 2.13. The molecule has 0 radical (unpaired) electrons. The van der Waals surface area contributed by atoms with Crippen LogP contribution in [-0.4, -0.2) is 16.1 Å². The molecule has 0 aliphatic carbocycles. The second-order valence-corrected chi connectivity index (χ2v) is 6.09. The molecule has 4 nitrogen and oxygen atoms in total. The lowest BCUT2D eigenvalue weighted by molar-refractivity contribution is -0.115. The topological polar surface area (TPSA) is 54.4 Å². The molecule has 1 fully saturated rings. The Kier molecular flexibility index (Phi) is 4.06. The first kappa shape index (κ1) is 14.5. The van der Waals surface area contributed by atoms with E-state index >= 15 is 0 Å². The summed E-state index contributed by atoms with van der Waals surface area (Å²) in [7, 11) is 0. The van der Waals surface area contributed by atoms with Crippen LogP contribution in [0.4, 0.5) is 5.69 Å². The maximum atomic E-state index is 12.0. The van der Waals surface area contributed by atoms with Gasteiger partial charge in [0.2, 0.25) is 0 Å². The number of benzene rings is 1. The summed E-state index contributed by atoms with van der Waals surface area (Å²) < 4.78 is 0. The Bertz CT molecular complexity index is 782. The van der Waals surface area contributed by atoms with E-state index in [0.717, 1.165) is 16.8 Å². The number of carbonyl (C=O) groups is 1. The lowest BCUT2D eigenvalue weighted by Gasteiger charge is -2.02. The average molecular weight is 309 g/mol. The summed E-state index contributed by atoms with van der Waals surface area (Å²) in [5, 5.41) is 3.40. The van der Waals surface area contributed by atoms with Crippen molar-refractivity contribution in [2.75, 3.05) is 0 Å². The molecule has 1 saturated heterocycles. The number of aliphatic imine (C=N–C) groups is 1. The highest BCUT2D eigenvalue weighted by Gasteiger charge is 2.23. The fraction of sp³-hybridized carbons (Fsp3) is 0.118. The molecular formula is C17H15N3OS. The van der Waals surface area contributed by atoms with Gasteiger partial charge in [-0.1, -0.05) is 23.8 Å². The van der Waals surface area contributed by atoms with Crippen molar-refractivity contribution in [1.29, 1.82) is 0 Å². The molecule has 1 aromatic carbocycles. The van der Waals surface area contributed by atoms with Crippen LogP contribution in [-0.2, 0) is 4.79 Å². The zero-order chi connectivity index (χ0) is 15.5. The number of rotatable bonds is 2. The second-order valence-electron chi connectivity index (χ2n) is 5.06. The van der Waals surface area contributed by atoms with Crippen molar-refractivity contribution in [2.24, 2.45) is 4.99 Å². The molecule has 1 aliphatic heterocycles. The Morgan fingerprint density at radius 3 is 2.86 bits per heavy atom. The number of aryl methyl sites for hydroxylation is 2. The zero-order valence-corrected chi connectivity index (χ0v) is 13.1. The van der Waals surface area contributed by atoms with Gasteiger partial charge in [0, 0.05) is 12.4 Å². The van der Waals surface area contributed by atoms with Crippen LogP contribution in [0.1, 0.15) is 16.7 Å². The molecule has 0 unspecified atom stereocenters. The summed E-state index contributed by atoms with van der Waals surface area (Å²) >= 11 is 1.34. The van der Waals surface area contributed by atoms with Crippen molar-refractivity contribution in [3.05, 3.63) is 64.3 Å². The van der Waals surface area contributed by atoms with Gasteiger partial charge in [0.05, 0.1) is 10.6 Å². The van der Waals surface area contributed by atoms with E-state index in [1.54, 1.807) is 12.4 Å². The predicted molar refractivity (Wildman–Crippen MR) is 91.0 cm³/mol. The quantitative estimate of drug-likeness (QED) is 0.863. The van der Waals surface area contributed by atoms with Crippen LogP contribution < -0.4 is 5.32 Å². The van der Waals surface area contributed by atoms with Gasteiger partial charge in [-0.15, -0.1) is 0 Å². The van der Waals surface area contributed by atoms with Gasteiger partial charge in [0.25, 0.3) is 5.91 Å². The standard InChI is InChI=1S/C17H15N3OS/c1-11-5-6-14(12(2)8-11)19-17-20-16(21)15(22-17)9-13-4-3-7-18-10-13/h3-10H,1-2H3,(H,19,20,21)/b15-9+. The molecule has 1 aromatic heterocycles. The van der Waals surface area contributed by atoms with E-state index < -0.39 is 0 Å². The van der Waals surface area contributed by atoms with Crippen LogP contribution in [0.25, 0.3) is 6.08 Å². The maximum absolute atomic E-state index is 12.0. The van der Waals surface area contributed by atoms with E-state index in [0.29, 0.717) is 10.1 Å². The Hall–Kier alpha value is -2.40. The van der Waals surface area contributed by atoms with Gasteiger partial charge in [-0.2, -0.15) is 0 Å². The van der Waals surface area contributed by atoms with Crippen LogP contribution in [0.15, 0.2) is 52.6 Å². The van der Waals surface area contributed by atoms with Crippen LogP contribution in [0.5, 0.6) is 0 Å². The number of amides is 1. The minimum absolute atomic E-state index is 0.127. The van der Waals surface area contributed by atoms with Crippen molar-refractivity contribution >= 4 is 34.6 Å². The largest absolute Gasteiger partial charge is 0.300 e. The number of nitrogens with one attached hydrogen (secondary N) is 1. The SMILES string of the molecule is Cc1ccc(N=C2NC(=O)/C(=C\c3cccnc3)S2)c(C)c1. The molecule has 1 aliphatic rings. The number of amidine groups is 1. The van der Waals surface area contributed by atoms with E-state index in [4.69, 9.17) is 0 Å². The Morgan fingerprint density at radius 2 is 2.14 bits per heavy atom. The zero-order valence-electron chi connectivity index (χ0n) is 12.3. The highest BCUT2D eigenvalue weighted by atomic mass is 32.2. The van der Waals surface area contributed by atoms with Gasteiger partial charge in [0.1, 0.15) is 0 Å². The first-order chi connectivity index (χ1) is 10.6. The first-order valence-electron chi connectivity index (χ1n) is 6.89. The molecule has 2 heterocycles. The minimum Gasteiger partial charge on any atom is -0.300 e. The Labute approximate surface area is 133 Å². The van der Waals surface area contributed by atoms with Crippen molar-refractivity contribution < 1.29 is 4.79 Å². The molecule has 1 N–H and O–H groups in total. The van der Waals surface area contributed by atoms with E-state index in [1.165, 1.54) is 17.3 Å². The van der Waals surface area contributed by atoms with Gasteiger partial charge in [0.15, 0.2) is 5.17 Å². The van der Waals surface area contributed by atoms with Gasteiger partial charge >= 0.3 is 0 Å². The van der Waals surface area contributed by atoms with Crippen molar-refractivity contribution in [3.8, 4) is 0 Å². The van der Waals surface area contributed by atoms with E-state index in [2.05, 4.69) is 21.4 Å². The van der Waals surface area contributed by atoms with Crippen LogP contribution in [0.3, 0.4) is 0 Å². The van der Waals surface area contributed by atoms with Crippen molar-refractivity contribution in [2.45, 2.75) is 13.8 Å². The van der Waals surface area contributed by atoms with Crippen LogP contribution >= 0.6 is 11.8 Å². The molecule has 1 amide bonds. The maximum Gasteiger partial charge on any atom is 0.264 e. The lowest BCUT2D eigenvalue weighted by Crippen LogP contribution is -2.19. The molecular weight excluding hydrogens is 294 g/mol. The van der Waals surface area contributed by atoms with Gasteiger partial charge in [-0.05, 0) is 54.9 Å². The van der Waals surface area contributed by atoms with Crippen LogP contribution in [0, 0.1) is 13.8 Å². The summed E-state index contributed by atoms with van der Waals surface area (Å²) in [4.78, 5) is 21.2. The third-order valence-electron chi connectivity index (χ3n) is 3.21. The average Bonchev–Trinajstić information content (AvgIpc) is 2.83. The number of thioether (sulfide) groups is 1. The predicted octanol–water partition coefficient (Wildman–Crippen LogP) is 3.59. The minimum atomic E-state index is -0.127. The number of pyridine rings is 1. The van der Waals surface area contributed by atoms with Gasteiger partial charge < -0.3 is 5.32 Å². The molecule has 5 heteroatoms. The number of nitrogens with zero attached hydrogens (tertiary/aromatic N) is 2. The van der Waals surface area contributed by atoms with Crippen molar-refractivity contribution in [1.82, 2.24) is 10.3 Å². The normalized spacial score (nSPS) is 18.0. The number of aromatic nitrogens is 1. The Balaban J connectivity index is 1.85. The van der Waals surface area contributed by atoms with E-state index in [-0.39, 0.29) is 5.91 Å². The molecule has 0 atom stereocenters. The third kappa shape index (κ3) is 3.26. The molecule has 3 rings (SSSR count). The second kappa shape index (κ2) is 6.15. The summed E-state index contributed by atoms with van der Waals surface area (Å²) in [5.41, 5.74) is 4.05. The van der Waals surface area contributed by atoms with Crippen LogP contribution in [0.2, 0.25) is 0 Å². The molecule has 0 spiro atoms. The summed E-state index contributed by atoms with van der Waals surface area (Å²) in [5.74, 6) is -0.127. The number of hydrogen-bond donors (Lipinski definition) is 1. The Morgan fingerprint density at radius 1 is 1.27 bits per heavy atom. The molecule has 110 valence electrons. The summed E-state index contributed by atoms with van der Waals surface area (Å²) in [6, 6.07) is 9.81. The smallest absolute Gasteiger partial charge is 0.264 e.